The van der Waals surface area contributed by atoms with Gasteiger partial charge in [0.25, 0.3) is 0 Å². The molecule has 0 aliphatic heterocycles. The Bertz CT molecular complexity index is 795. The molecule has 30 heavy (non-hydrogen) atoms. The second-order valence-electron chi connectivity index (χ2n) is 7.56. The third kappa shape index (κ3) is 7.86. The zero-order chi connectivity index (χ0) is 21.8. The largest absolute Gasteiger partial charge is 0.354 e. The van der Waals surface area contributed by atoms with Gasteiger partial charge in [0.05, 0.1) is 0 Å². The number of nitrogens with zero attached hydrogens (tertiary/aromatic N) is 1. The van der Waals surface area contributed by atoms with Gasteiger partial charge < -0.3 is 10.2 Å². The lowest BCUT2D eigenvalue weighted by atomic mass is 10.1. The van der Waals surface area contributed by atoms with Gasteiger partial charge in [0.1, 0.15) is 6.04 Å². The number of carbonyl (C=O) groups excluding carboxylic acids is 2. The minimum Gasteiger partial charge on any atom is -0.354 e. The van der Waals surface area contributed by atoms with Crippen LogP contribution in [0.1, 0.15) is 49.8 Å². The van der Waals surface area contributed by atoms with E-state index in [0.717, 1.165) is 35.5 Å². The Morgan fingerprint density at radius 1 is 1.07 bits per heavy atom. The molecular weight excluding hydrogens is 392 g/mol. The molecule has 1 atom stereocenters. The van der Waals surface area contributed by atoms with Gasteiger partial charge in [-0.05, 0) is 37.0 Å². The Balaban J connectivity index is 1.98. The zero-order valence-electron chi connectivity index (χ0n) is 18.4. The molecule has 2 rings (SSSR count). The van der Waals surface area contributed by atoms with Crippen molar-refractivity contribution in [2.24, 2.45) is 0 Å². The highest BCUT2D eigenvalue weighted by atomic mass is 32.2. The van der Waals surface area contributed by atoms with Crippen LogP contribution in [0.4, 0.5) is 0 Å². The molecule has 0 spiro atoms. The quantitative estimate of drug-likeness (QED) is 0.489. The lowest BCUT2D eigenvalue weighted by molar-refractivity contribution is -0.140. The monoisotopic (exact) mass is 426 g/mol. The molecular formula is C25H34N2O2S. The number of rotatable bonds is 12. The average molecular weight is 427 g/mol. The molecule has 0 aliphatic carbocycles. The molecule has 1 N–H and O–H groups in total. The minimum absolute atomic E-state index is 0.0250. The molecule has 2 aromatic carbocycles. The fourth-order valence-electron chi connectivity index (χ4n) is 3.16. The Hall–Kier alpha value is -2.27. The standard InChI is InChI=1S/C25H34N2O2S/c1-4-5-16-26-25(29)21(3)27(18-23-14-10-9-11-20(23)2)24(28)15-17-30-19-22-12-7-6-8-13-22/h6-14,21H,4-5,15-19H2,1-3H3,(H,26,29). The van der Waals surface area contributed by atoms with Crippen molar-refractivity contribution >= 4 is 23.6 Å². The smallest absolute Gasteiger partial charge is 0.242 e. The van der Waals surface area contributed by atoms with Crippen LogP contribution in [-0.4, -0.2) is 35.1 Å². The molecule has 4 nitrogen and oxygen atoms in total. The van der Waals surface area contributed by atoms with Crippen LogP contribution >= 0.6 is 11.8 Å². The number of hydrogen-bond acceptors (Lipinski definition) is 3. The number of aryl methyl sites for hydroxylation is 1. The van der Waals surface area contributed by atoms with Gasteiger partial charge in [0.2, 0.25) is 11.8 Å². The van der Waals surface area contributed by atoms with E-state index in [9.17, 15) is 9.59 Å². The molecule has 162 valence electrons. The molecule has 2 aromatic rings. The molecule has 0 radical (unpaired) electrons. The first kappa shape index (κ1) is 24.0. The predicted molar refractivity (Wildman–Crippen MR) is 126 cm³/mol. The number of hydrogen-bond donors (Lipinski definition) is 1. The van der Waals surface area contributed by atoms with E-state index in [1.165, 1.54) is 5.56 Å². The van der Waals surface area contributed by atoms with Crippen LogP contribution in [0.15, 0.2) is 54.6 Å². The highest BCUT2D eigenvalue weighted by Gasteiger charge is 2.26. The van der Waals surface area contributed by atoms with E-state index in [1.807, 2.05) is 56.3 Å². The summed E-state index contributed by atoms with van der Waals surface area (Å²) in [7, 11) is 0. The van der Waals surface area contributed by atoms with Crippen molar-refractivity contribution in [3.8, 4) is 0 Å². The molecule has 0 aromatic heterocycles. The van der Waals surface area contributed by atoms with Crippen LogP contribution in [0.3, 0.4) is 0 Å². The van der Waals surface area contributed by atoms with Crippen molar-refractivity contribution in [3.05, 3.63) is 71.3 Å². The van der Waals surface area contributed by atoms with E-state index in [0.29, 0.717) is 19.5 Å². The summed E-state index contributed by atoms with van der Waals surface area (Å²) in [6.45, 7) is 7.07. The van der Waals surface area contributed by atoms with Gasteiger partial charge in [-0.25, -0.2) is 0 Å². The maximum atomic E-state index is 13.1. The highest BCUT2D eigenvalue weighted by Crippen LogP contribution is 2.17. The number of amides is 2. The molecule has 0 aliphatic rings. The molecule has 2 amide bonds. The van der Waals surface area contributed by atoms with E-state index >= 15 is 0 Å². The predicted octanol–water partition coefficient (Wildman–Crippen LogP) is 4.95. The maximum absolute atomic E-state index is 13.1. The summed E-state index contributed by atoms with van der Waals surface area (Å²) >= 11 is 1.75. The number of thioether (sulfide) groups is 1. The molecule has 0 heterocycles. The Morgan fingerprint density at radius 2 is 1.77 bits per heavy atom. The number of nitrogens with one attached hydrogen (secondary N) is 1. The van der Waals surface area contributed by atoms with Crippen LogP contribution in [0.2, 0.25) is 0 Å². The Labute approximate surface area is 185 Å². The lowest BCUT2D eigenvalue weighted by Crippen LogP contribution is -2.48. The molecule has 0 saturated carbocycles. The van der Waals surface area contributed by atoms with Crippen molar-refractivity contribution in [2.75, 3.05) is 12.3 Å². The first-order valence-electron chi connectivity index (χ1n) is 10.8. The summed E-state index contributed by atoms with van der Waals surface area (Å²) in [6, 6.07) is 17.8. The van der Waals surface area contributed by atoms with Gasteiger partial charge in [-0.15, -0.1) is 0 Å². The third-order valence-corrected chi connectivity index (χ3v) is 6.20. The van der Waals surface area contributed by atoms with Crippen LogP contribution in [-0.2, 0) is 21.9 Å². The average Bonchev–Trinajstić information content (AvgIpc) is 2.76. The summed E-state index contributed by atoms with van der Waals surface area (Å²) in [5.74, 6) is 1.57. The number of carbonyl (C=O) groups is 2. The summed E-state index contributed by atoms with van der Waals surface area (Å²) in [4.78, 5) is 27.5. The fourth-order valence-corrected chi connectivity index (χ4v) is 4.05. The summed E-state index contributed by atoms with van der Waals surface area (Å²) < 4.78 is 0. The van der Waals surface area contributed by atoms with Gasteiger partial charge in [-0.2, -0.15) is 11.8 Å². The number of unbranched alkanes of at least 4 members (excludes halogenated alkanes) is 1. The van der Waals surface area contributed by atoms with E-state index < -0.39 is 6.04 Å². The minimum atomic E-state index is -0.493. The lowest BCUT2D eigenvalue weighted by Gasteiger charge is -2.29. The third-order valence-electron chi connectivity index (χ3n) is 5.17. The molecule has 0 saturated heterocycles. The van der Waals surface area contributed by atoms with Crippen LogP contribution in [0, 0.1) is 6.92 Å². The summed E-state index contributed by atoms with van der Waals surface area (Å²) in [5.41, 5.74) is 3.47. The summed E-state index contributed by atoms with van der Waals surface area (Å²) in [5, 5.41) is 2.97. The second kappa shape index (κ2) is 13.1. The van der Waals surface area contributed by atoms with E-state index in [2.05, 4.69) is 24.4 Å². The second-order valence-corrected chi connectivity index (χ2v) is 8.66. The van der Waals surface area contributed by atoms with Gasteiger partial charge >= 0.3 is 0 Å². The van der Waals surface area contributed by atoms with Crippen molar-refractivity contribution in [1.82, 2.24) is 10.2 Å². The van der Waals surface area contributed by atoms with Crippen molar-refractivity contribution < 1.29 is 9.59 Å². The number of benzene rings is 2. The highest BCUT2D eigenvalue weighted by molar-refractivity contribution is 7.98. The Kier molecular flexibility index (Phi) is 10.5. The van der Waals surface area contributed by atoms with Crippen LogP contribution in [0.5, 0.6) is 0 Å². The topological polar surface area (TPSA) is 49.4 Å². The van der Waals surface area contributed by atoms with E-state index in [4.69, 9.17) is 0 Å². The fraction of sp³-hybridized carbons (Fsp3) is 0.440. The van der Waals surface area contributed by atoms with Gasteiger partial charge in [0, 0.05) is 31.0 Å². The first-order valence-corrected chi connectivity index (χ1v) is 11.9. The van der Waals surface area contributed by atoms with E-state index in [-0.39, 0.29) is 11.8 Å². The maximum Gasteiger partial charge on any atom is 0.242 e. The van der Waals surface area contributed by atoms with E-state index in [1.54, 1.807) is 16.7 Å². The normalized spacial score (nSPS) is 11.7. The van der Waals surface area contributed by atoms with Gasteiger partial charge in [0.15, 0.2) is 0 Å². The Morgan fingerprint density at radius 3 is 2.47 bits per heavy atom. The molecule has 0 bridgehead atoms. The molecule has 1 unspecified atom stereocenters. The molecule has 0 fully saturated rings. The summed E-state index contributed by atoms with van der Waals surface area (Å²) in [6.07, 6.45) is 2.40. The van der Waals surface area contributed by atoms with Crippen LogP contribution < -0.4 is 5.32 Å². The molecule has 5 heteroatoms. The SMILES string of the molecule is CCCCNC(=O)C(C)N(Cc1ccccc1C)C(=O)CCSCc1ccccc1. The van der Waals surface area contributed by atoms with Crippen molar-refractivity contribution in [3.63, 3.8) is 0 Å². The van der Waals surface area contributed by atoms with Gasteiger partial charge in [-0.1, -0.05) is 67.9 Å². The first-order chi connectivity index (χ1) is 14.5. The van der Waals surface area contributed by atoms with Gasteiger partial charge in [-0.3, -0.25) is 9.59 Å². The zero-order valence-corrected chi connectivity index (χ0v) is 19.2. The van der Waals surface area contributed by atoms with Crippen LogP contribution in [0.25, 0.3) is 0 Å². The van der Waals surface area contributed by atoms with Crippen molar-refractivity contribution in [1.29, 1.82) is 0 Å². The van der Waals surface area contributed by atoms with Crippen molar-refractivity contribution in [2.45, 2.75) is 58.4 Å².